The summed E-state index contributed by atoms with van der Waals surface area (Å²) in [5.74, 6) is 2.28. The van der Waals surface area contributed by atoms with Gasteiger partial charge in [-0.05, 0) is 98.1 Å². The molecule has 6 atom stereocenters. The number of piperazine rings is 1. The average Bonchev–Trinajstić information content (AvgIpc) is 3.07. The van der Waals surface area contributed by atoms with Crippen molar-refractivity contribution in [1.29, 1.82) is 0 Å². The number of likely N-dealkylation sites (N-methyl/N-ethyl adjacent to an activating group) is 1. The van der Waals surface area contributed by atoms with Crippen molar-refractivity contribution in [3.8, 4) is 0 Å². The Kier molecular flexibility index (Phi) is 5.48. The molecular formula is C27H44N2O. The Bertz CT molecular complexity index is 733. The van der Waals surface area contributed by atoms with Gasteiger partial charge in [-0.2, -0.15) is 0 Å². The lowest BCUT2D eigenvalue weighted by atomic mass is 9.51. The Hall–Kier alpha value is -0.640. The van der Waals surface area contributed by atoms with Gasteiger partial charge in [-0.3, -0.25) is 0 Å². The van der Waals surface area contributed by atoms with Gasteiger partial charge in [0.05, 0.1) is 6.10 Å². The summed E-state index contributed by atoms with van der Waals surface area (Å²) in [5, 5.41) is 10.3. The molecule has 30 heavy (non-hydrogen) atoms. The van der Waals surface area contributed by atoms with Crippen molar-refractivity contribution in [2.24, 2.45) is 28.6 Å². The van der Waals surface area contributed by atoms with E-state index >= 15 is 0 Å². The van der Waals surface area contributed by atoms with E-state index in [9.17, 15) is 5.11 Å². The maximum Gasteiger partial charge on any atom is 0.0543 e. The Labute approximate surface area is 184 Å². The van der Waals surface area contributed by atoms with Gasteiger partial charge in [0, 0.05) is 32.7 Å². The molecule has 5 rings (SSSR count). The third-order valence-corrected chi connectivity index (χ3v) is 10.3. The second-order valence-electron chi connectivity index (χ2n) is 12.0. The van der Waals surface area contributed by atoms with Crippen LogP contribution in [0.2, 0.25) is 0 Å². The smallest absolute Gasteiger partial charge is 0.0543 e. The molecule has 1 heterocycles. The van der Waals surface area contributed by atoms with Crippen LogP contribution in [0.4, 0.5) is 0 Å². The first kappa shape index (κ1) is 21.2. The van der Waals surface area contributed by atoms with Crippen LogP contribution < -0.4 is 0 Å². The number of rotatable bonds is 3. The Morgan fingerprint density at radius 2 is 1.83 bits per heavy atom. The van der Waals surface area contributed by atoms with E-state index in [4.69, 9.17) is 0 Å². The van der Waals surface area contributed by atoms with Gasteiger partial charge in [0.15, 0.2) is 0 Å². The molecule has 0 spiro atoms. The van der Waals surface area contributed by atoms with Crippen LogP contribution in [0.5, 0.6) is 0 Å². The predicted octanol–water partition coefficient (Wildman–Crippen LogP) is 4.87. The molecule has 5 aliphatic rings. The zero-order valence-electron chi connectivity index (χ0n) is 19.9. The highest BCUT2D eigenvalue weighted by Gasteiger charge is 2.53. The van der Waals surface area contributed by atoms with Gasteiger partial charge < -0.3 is 14.9 Å². The predicted molar refractivity (Wildman–Crippen MR) is 124 cm³/mol. The van der Waals surface area contributed by atoms with Crippen LogP contribution in [-0.2, 0) is 0 Å². The van der Waals surface area contributed by atoms with Crippen molar-refractivity contribution in [1.82, 2.24) is 9.80 Å². The number of hydrogen-bond acceptors (Lipinski definition) is 3. The number of nitrogens with zero attached hydrogens (tertiary/aromatic N) is 2. The van der Waals surface area contributed by atoms with Gasteiger partial charge in [-0.15, -0.1) is 0 Å². The summed E-state index contributed by atoms with van der Waals surface area (Å²) in [6.07, 6.45) is 12.4. The van der Waals surface area contributed by atoms with E-state index in [0.717, 1.165) is 24.7 Å². The molecule has 0 aromatic carbocycles. The Balaban J connectivity index is 1.34. The molecule has 3 nitrogen and oxygen atoms in total. The van der Waals surface area contributed by atoms with Gasteiger partial charge >= 0.3 is 0 Å². The minimum absolute atomic E-state index is 0.0513. The molecule has 4 aliphatic carbocycles. The van der Waals surface area contributed by atoms with Gasteiger partial charge in [-0.1, -0.05) is 32.4 Å². The SMILES string of the molecule is C[C@H](CN1CCN(C)CC1)[C@H]1CC=C2C3=C(CC[C@@]21C)[C@@]1(C)CCC(O)CC1CC3. The molecule has 1 aliphatic heterocycles. The fourth-order valence-corrected chi connectivity index (χ4v) is 8.29. The van der Waals surface area contributed by atoms with E-state index in [1.807, 2.05) is 5.57 Å². The van der Waals surface area contributed by atoms with Crippen molar-refractivity contribution >= 4 is 0 Å². The molecule has 1 saturated heterocycles. The number of allylic oxidation sites excluding steroid dienone is 4. The summed E-state index contributed by atoms with van der Waals surface area (Å²) in [7, 11) is 2.25. The minimum atomic E-state index is -0.0513. The summed E-state index contributed by atoms with van der Waals surface area (Å²) in [6.45, 7) is 13.9. The third kappa shape index (κ3) is 3.35. The lowest BCUT2D eigenvalue weighted by molar-refractivity contribution is 0.0220. The van der Waals surface area contributed by atoms with Crippen LogP contribution in [0, 0.1) is 28.6 Å². The maximum atomic E-state index is 10.3. The van der Waals surface area contributed by atoms with E-state index < -0.39 is 0 Å². The van der Waals surface area contributed by atoms with Gasteiger partial charge in [0.2, 0.25) is 0 Å². The number of aliphatic hydroxyl groups excluding tert-OH is 1. The molecule has 0 aromatic heterocycles. The topological polar surface area (TPSA) is 26.7 Å². The van der Waals surface area contributed by atoms with Crippen LogP contribution in [-0.4, -0.2) is 60.8 Å². The molecule has 168 valence electrons. The lowest BCUT2D eigenvalue weighted by Gasteiger charge is -2.54. The van der Waals surface area contributed by atoms with Crippen molar-refractivity contribution in [2.45, 2.75) is 78.2 Å². The number of aliphatic hydroxyl groups is 1. The Morgan fingerprint density at radius 1 is 1.07 bits per heavy atom. The molecule has 1 saturated carbocycles. The van der Waals surface area contributed by atoms with E-state index in [2.05, 4.69) is 43.7 Å². The lowest BCUT2D eigenvalue weighted by Crippen LogP contribution is -2.48. The highest BCUT2D eigenvalue weighted by Crippen LogP contribution is 2.64. The normalized spacial score (nSPS) is 43.6. The molecule has 0 aromatic rings. The second-order valence-corrected chi connectivity index (χ2v) is 12.0. The monoisotopic (exact) mass is 412 g/mol. The second kappa shape index (κ2) is 7.74. The van der Waals surface area contributed by atoms with Gasteiger partial charge in [-0.25, -0.2) is 0 Å². The summed E-state index contributed by atoms with van der Waals surface area (Å²) < 4.78 is 0. The molecule has 0 amide bonds. The molecule has 1 N–H and O–H groups in total. The van der Waals surface area contributed by atoms with E-state index in [0.29, 0.717) is 16.7 Å². The molecule has 2 unspecified atom stereocenters. The van der Waals surface area contributed by atoms with Crippen molar-refractivity contribution in [3.05, 3.63) is 22.8 Å². The molecule has 0 radical (unpaired) electrons. The van der Waals surface area contributed by atoms with Crippen molar-refractivity contribution in [3.63, 3.8) is 0 Å². The molecule has 2 fully saturated rings. The zero-order valence-corrected chi connectivity index (χ0v) is 19.9. The van der Waals surface area contributed by atoms with Crippen LogP contribution in [0.1, 0.15) is 72.1 Å². The standard InChI is InChI=1S/C27H44N2O/c1-19(18-29-15-13-28(4)14-16-29)23-7-8-24-22-6-5-20-17-21(30)9-11-26(20,2)25(22)10-12-27(23,24)3/h8,19-21,23,30H,5-7,9-18H2,1-4H3/t19-,20?,21?,23-,26+,27-/m1/s1. The number of fused-ring (bicyclic) bond motifs is 4. The van der Waals surface area contributed by atoms with Crippen LogP contribution in [0.3, 0.4) is 0 Å². The van der Waals surface area contributed by atoms with E-state index in [1.165, 1.54) is 71.2 Å². The summed E-state index contributed by atoms with van der Waals surface area (Å²) >= 11 is 0. The van der Waals surface area contributed by atoms with Gasteiger partial charge in [0.25, 0.3) is 0 Å². The minimum Gasteiger partial charge on any atom is -0.393 e. The third-order valence-electron chi connectivity index (χ3n) is 10.3. The van der Waals surface area contributed by atoms with E-state index in [-0.39, 0.29) is 6.10 Å². The summed E-state index contributed by atoms with van der Waals surface area (Å²) in [4.78, 5) is 5.19. The first-order valence-electron chi connectivity index (χ1n) is 12.8. The quantitative estimate of drug-likeness (QED) is 0.716. The van der Waals surface area contributed by atoms with Crippen molar-refractivity contribution < 1.29 is 5.11 Å². The fraction of sp³-hybridized carbons (Fsp3) is 0.852. The molecule has 3 heteroatoms. The first-order chi connectivity index (χ1) is 14.3. The van der Waals surface area contributed by atoms with Crippen LogP contribution in [0.25, 0.3) is 0 Å². The molecular weight excluding hydrogens is 368 g/mol. The highest BCUT2D eigenvalue weighted by atomic mass is 16.3. The molecule has 0 bridgehead atoms. The zero-order chi connectivity index (χ0) is 21.1. The first-order valence-corrected chi connectivity index (χ1v) is 12.8. The van der Waals surface area contributed by atoms with Gasteiger partial charge in [0.1, 0.15) is 0 Å². The maximum absolute atomic E-state index is 10.3. The van der Waals surface area contributed by atoms with E-state index in [1.54, 1.807) is 11.1 Å². The summed E-state index contributed by atoms with van der Waals surface area (Å²) in [5.41, 5.74) is 6.08. The fourth-order valence-electron chi connectivity index (χ4n) is 8.29. The van der Waals surface area contributed by atoms with Crippen molar-refractivity contribution in [2.75, 3.05) is 39.8 Å². The summed E-state index contributed by atoms with van der Waals surface area (Å²) in [6, 6.07) is 0. The Morgan fingerprint density at radius 3 is 2.60 bits per heavy atom. The van der Waals surface area contributed by atoms with Crippen LogP contribution in [0.15, 0.2) is 22.8 Å². The largest absolute Gasteiger partial charge is 0.393 e. The highest BCUT2D eigenvalue weighted by molar-refractivity contribution is 5.49. The average molecular weight is 413 g/mol. The number of hydrogen-bond donors (Lipinski definition) is 1. The van der Waals surface area contributed by atoms with Crippen LogP contribution >= 0.6 is 0 Å².